The maximum absolute atomic E-state index is 14.1. The van der Waals surface area contributed by atoms with Gasteiger partial charge in [-0.1, -0.05) is 17.7 Å². The third-order valence-electron chi connectivity index (χ3n) is 3.86. The molecule has 4 nitrogen and oxygen atoms in total. The van der Waals surface area contributed by atoms with Crippen LogP contribution in [-0.4, -0.2) is 30.7 Å². The lowest BCUT2D eigenvalue weighted by Crippen LogP contribution is -2.49. The lowest BCUT2D eigenvalue weighted by atomic mass is 10.2. The Morgan fingerprint density at radius 1 is 1.28 bits per heavy atom. The summed E-state index contributed by atoms with van der Waals surface area (Å²) < 4.78 is 33.4. The molecule has 0 spiro atoms. The van der Waals surface area contributed by atoms with E-state index in [4.69, 9.17) is 16.3 Å². The van der Waals surface area contributed by atoms with Gasteiger partial charge in [0.05, 0.1) is 0 Å². The molecule has 0 amide bonds. The van der Waals surface area contributed by atoms with E-state index in [1.54, 1.807) is 12.1 Å². The van der Waals surface area contributed by atoms with Crippen LogP contribution in [0.2, 0.25) is 5.02 Å². The van der Waals surface area contributed by atoms with Gasteiger partial charge >= 0.3 is 0 Å². The average Bonchev–Trinajstić information content (AvgIpc) is 2.55. The molecule has 1 aliphatic heterocycles. The highest BCUT2D eigenvalue weighted by atomic mass is 35.5. The number of nitrogens with one attached hydrogen (secondary N) is 1. The maximum Gasteiger partial charge on any atom is 0.215 e. The van der Waals surface area contributed by atoms with Gasteiger partial charge in [-0.2, -0.15) is 4.98 Å². The third kappa shape index (κ3) is 4.93. The van der Waals surface area contributed by atoms with Crippen LogP contribution >= 0.6 is 24.0 Å². The Labute approximate surface area is 156 Å². The molecule has 1 aromatic heterocycles. The van der Waals surface area contributed by atoms with Gasteiger partial charge in [-0.15, -0.1) is 12.4 Å². The first-order valence-electron chi connectivity index (χ1n) is 7.74. The predicted octanol–water partition coefficient (Wildman–Crippen LogP) is 3.81. The van der Waals surface area contributed by atoms with Crippen molar-refractivity contribution in [2.45, 2.75) is 19.6 Å². The number of aromatic nitrogens is 1. The van der Waals surface area contributed by atoms with Crippen LogP contribution < -0.4 is 15.0 Å². The van der Waals surface area contributed by atoms with E-state index in [1.165, 1.54) is 18.2 Å². The molecule has 1 aliphatic rings. The zero-order chi connectivity index (χ0) is 17.1. The minimum atomic E-state index is -0.444. The Morgan fingerprint density at radius 3 is 2.80 bits per heavy atom. The van der Waals surface area contributed by atoms with Crippen LogP contribution in [0.4, 0.5) is 14.6 Å². The van der Waals surface area contributed by atoms with Crippen LogP contribution in [0.3, 0.4) is 0 Å². The second kappa shape index (κ2) is 8.65. The summed E-state index contributed by atoms with van der Waals surface area (Å²) in [6.45, 7) is 4.14. The van der Waals surface area contributed by atoms with E-state index in [1.807, 2.05) is 11.8 Å². The minimum Gasteiger partial charge on any atom is -0.473 e. The lowest BCUT2D eigenvalue weighted by molar-refractivity contribution is 0.287. The largest absolute Gasteiger partial charge is 0.473 e. The van der Waals surface area contributed by atoms with Crippen molar-refractivity contribution in [3.63, 3.8) is 0 Å². The van der Waals surface area contributed by atoms with Crippen molar-refractivity contribution in [3.05, 3.63) is 52.6 Å². The molecule has 0 aliphatic carbocycles. The highest BCUT2D eigenvalue weighted by Gasteiger charge is 2.20. The Bertz CT molecular complexity index is 733. The summed E-state index contributed by atoms with van der Waals surface area (Å²) >= 11 is 5.72. The third-order valence-corrected chi connectivity index (χ3v) is 4.10. The van der Waals surface area contributed by atoms with Gasteiger partial charge in [-0.05, 0) is 25.1 Å². The molecule has 0 radical (unpaired) electrons. The second-order valence-electron chi connectivity index (χ2n) is 5.78. The van der Waals surface area contributed by atoms with Crippen molar-refractivity contribution >= 4 is 29.8 Å². The molecule has 0 saturated carbocycles. The number of rotatable bonds is 4. The number of halogens is 4. The van der Waals surface area contributed by atoms with Crippen molar-refractivity contribution in [1.82, 2.24) is 10.3 Å². The first-order chi connectivity index (χ1) is 11.5. The topological polar surface area (TPSA) is 37.4 Å². The molecular formula is C17H19Cl2F2N3O. The molecule has 25 heavy (non-hydrogen) atoms. The van der Waals surface area contributed by atoms with E-state index in [-0.39, 0.29) is 36.8 Å². The number of piperazine rings is 1. The van der Waals surface area contributed by atoms with Gasteiger partial charge in [-0.25, -0.2) is 8.78 Å². The number of anilines is 1. The molecule has 0 unspecified atom stereocenters. The zero-order valence-electron chi connectivity index (χ0n) is 13.6. The molecule has 1 saturated heterocycles. The SMILES string of the molecule is C[C@H]1CN(c2nc(OCc3ccc(Cl)cc3F)ccc2F)CCN1.Cl. The second-order valence-corrected chi connectivity index (χ2v) is 6.22. The highest BCUT2D eigenvalue weighted by Crippen LogP contribution is 2.23. The van der Waals surface area contributed by atoms with Crippen LogP contribution in [0, 0.1) is 11.6 Å². The summed E-state index contributed by atoms with van der Waals surface area (Å²) in [6, 6.07) is 7.40. The zero-order valence-corrected chi connectivity index (χ0v) is 15.2. The van der Waals surface area contributed by atoms with E-state index in [0.717, 1.165) is 6.54 Å². The molecule has 2 heterocycles. The number of pyridine rings is 1. The molecular weight excluding hydrogens is 371 g/mol. The van der Waals surface area contributed by atoms with Gasteiger partial charge in [0.1, 0.15) is 12.4 Å². The lowest BCUT2D eigenvalue weighted by Gasteiger charge is -2.32. The van der Waals surface area contributed by atoms with Crippen molar-refractivity contribution < 1.29 is 13.5 Å². The van der Waals surface area contributed by atoms with Crippen molar-refractivity contribution in [2.75, 3.05) is 24.5 Å². The summed E-state index contributed by atoms with van der Waals surface area (Å²) in [6.07, 6.45) is 0. The number of hydrogen-bond acceptors (Lipinski definition) is 4. The predicted molar refractivity (Wildman–Crippen MR) is 96.9 cm³/mol. The van der Waals surface area contributed by atoms with Crippen molar-refractivity contribution in [3.8, 4) is 5.88 Å². The standard InChI is InChI=1S/C17H18ClF2N3O.ClH/c1-11-9-23(7-6-21-11)17-14(19)4-5-16(22-17)24-10-12-2-3-13(18)8-15(12)20;/h2-5,8,11,21H,6-7,9-10H2,1H3;1H/t11-;/m0./s1. The Hall–Kier alpha value is -1.63. The number of nitrogens with zero attached hydrogens (tertiary/aromatic N) is 2. The molecule has 1 N–H and O–H groups in total. The van der Waals surface area contributed by atoms with Crippen LogP contribution in [0.15, 0.2) is 30.3 Å². The molecule has 1 fully saturated rings. The van der Waals surface area contributed by atoms with Crippen LogP contribution in [0.25, 0.3) is 0 Å². The molecule has 136 valence electrons. The monoisotopic (exact) mass is 389 g/mol. The van der Waals surface area contributed by atoms with E-state index < -0.39 is 11.6 Å². The van der Waals surface area contributed by atoms with Crippen LogP contribution in [0.1, 0.15) is 12.5 Å². The van der Waals surface area contributed by atoms with E-state index in [2.05, 4.69) is 10.3 Å². The van der Waals surface area contributed by atoms with Gasteiger partial charge in [0, 0.05) is 42.3 Å². The Balaban J connectivity index is 0.00000225. The number of ether oxygens (including phenoxy) is 1. The summed E-state index contributed by atoms with van der Waals surface area (Å²) in [5.41, 5.74) is 0.364. The summed E-state index contributed by atoms with van der Waals surface area (Å²) in [7, 11) is 0. The van der Waals surface area contributed by atoms with Crippen molar-refractivity contribution in [1.29, 1.82) is 0 Å². The smallest absolute Gasteiger partial charge is 0.215 e. The fourth-order valence-corrected chi connectivity index (χ4v) is 2.79. The Morgan fingerprint density at radius 2 is 2.08 bits per heavy atom. The summed E-state index contributed by atoms with van der Waals surface area (Å²) in [5, 5.41) is 3.62. The van der Waals surface area contributed by atoms with Gasteiger partial charge in [0.25, 0.3) is 0 Å². The molecule has 1 aromatic carbocycles. The average molecular weight is 390 g/mol. The summed E-state index contributed by atoms with van der Waals surface area (Å²) in [4.78, 5) is 6.13. The van der Waals surface area contributed by atoms with Gasteiger partial charge < -0.3 is 15.0 Å². The van der Waals surface area contributed by atoms with E-state index in [0.29, 0.717) is 23.7 Å². The van der Waals surface area contributed by atoms with E-state index >= 15 is 0 Å². The first-order valence-corrected chi connectivity index (χ1v) is 8.12. The highest BCUT2D eigenvalue weighted by molar-refractivity contribution is 6.30. The molecule has 2 aromatic rings. The minimum absolute atomic E-state index is 0. The van der Waals surface area contributed by atoms with Gasteiger partial charge in [0.15, 0.2) is 11.6 Å². The van der Waals surface area contributed by atoms with Crippen molar-refractivity contribution in [2.24, 2.45) is 0 Å². The quantitative estimate of drug-likeness (QED) is 0.862. The Kier molecular flexibility index (Phi) is 6.81. The molecule has 3 rings (SSSR count). The van der Waals surface area contributed by atoms with E-state index in [9.17, 15) is 8.78 Å². The summed E-state index contributed by atoms with van der Waals surface area (Å²) in [5.74, 6) is -0.320. The van der Waals surface area contributed by atoms with Gasteiger partial charge in [-0.3, -0.25) is 0 Å². The number of benzene rings is 1. The maximum atomic E-state index is 14.1. The normalized spacial score (nSPS) is 17.1. The molecule has 8 heteroatoms. The fraction of sp³-hybridized carbons (Fsp3) is 0.353. The van der Waals surface area contributed by atoms with Gasteiger partial charge in [0.2, 0.25) is 5.88 Å². The first kappa shape index (κ1) is 19.7. The fourth-order valence-electron chi connectivity index (χ4n) is 2.63. The molecule has 0 bridgehead atoms. The van der Waals surface area contributed by atoms with Crippen LogP contribution in [-0.2, 0) is 6.61 Å². The number of hydrogen-bond donors (Lipinski definition) is 1. The van der Waals surface area contributed by atoms with Crippen LogP contribution in [0.5, 0.6) is 5.88 Å². The molecule has 1 atom stereocenters.